The Bertz CT molecular complexity index is 760. The number of hydrogen-bond donors (Lipinski definition) is 1. The third-order valence-corrected chi connectivity index (χ3v) is 4.79. The zero-order chi connectivity index (χ0) is 15.6. The van der Waals surface area contributed by atoms with Crippen molar-refractivity contribution < 1.29 is 4.79 Å². The number of rotatable bonds is 3. The van der Waals surface area contributed by atoms with Crippen LogP contribution in [0.5, 0.6) is 0 Å². The van der Waals surface area contributed by atoms with Crippen molar-refractivity contribution in [1.29, 1.82) is 0 Å². The van der Waals surface area contributed by atoms with Crippen LogP contribution < -0.4 is 5.32 Å². The van der Waals surface area contributed by atoms with Crippen LogP contribution in [0.1, 0.15) is 31.5 Å². The second kappa shape index (κ2) is 6.03. The lowest BCUT2D eigenvalue weighted by molar-refractivity contribution is -0.120. The van der Waals surface area contributed by atoms with E-state index in [0.29, 0.717) is 0 Å². The molecule has 1 amide bonds. The van der Waals surface area contributed by atoms with Gasteiger partial charge in [0, 0.05) is 30.1 Å². The van der Waals surface area contributed by atoms with Crippen LogP contribution in [0.15, 0.2) is 42.6 Å². The highest BCUT2D eigenvalue weighted by atomic mass is 16.1. The average Bonchev–Trinajstić information content (AvgIpc) is 3.19. The lowest BCUT2D eigenvalue weighted by Crippen LogP contribution is -2.23. The highest BCUT2D eigenvalue weighted by Crippen LogP contribution is 2.28. The standard InChI is InChI=1S/C19H21N3O/c23-19(14-6-2-1-3-7-14)21-16-9-4-8-15(12-16)17-13-20-18-10-5-11-22(17)18/h1-2,4,8-9,12-14H,3,5-7,10-11H2,(H,21,23). The summed E-state index contributed by atoms with van der Waals surface area (Å²) in [6, 6.07) is 8.10. The number of amides is 1. The van der Waals surface area contributed by atoms with E-state index in [1.54, 1.807) is 0 Å². The summed E-state index contributed by atoms with van der Waals surface area (Å²) in [6.07, 6.45) is 11.2. The molecule has 1 aromatic heterocycles. The Morgan fingerprint density at radius 2 is 2.26 bits per heavy atom. The molecule has 0 radical (unpaired) electrons. The molecule has 1 N–H and O–H groups in total. The molecule has 1 aliphatic carbocycles. The van der Waals surface area contributed by atoms with E-state index in [9.17, 15) is 4.79 Å². The quantitative estimate of drug-likeness (QED) is 0.877. The molecule has 1 unspecified atom stereocenters. The van der Waals surface area contributed by atoms with Crippen LogP contribution in [0.25, 0.3) is 11.3 Å². The van der Waals surface area contributed by atoms with Crippen molar-refractivity contribution in [3.05, 3.63) is 48.4 Å². The van der Waals surface area contributed by atoms with Crippen molar-refractivity contribution in [3.8, 4) is 11.3 Å². The van der Waals surface area contributed by atoms with Gasteiger partial charge >= 0.3 is 0 Å². The van der Waals surface area contributed by atoms with Gasteiger partial charge in [0.25, 0.3) is 0 Å². The maximum absolute atomic E-state index is 12.4. The molecule has 2 aliphatic rings. The summed E-state index contributed by atoms with van der Waals surface area (Å²) in [6.45, 7) is 1.04. The molecule has 4 nitrogen and oxygen atoms in total. The Morgan fingerprint density at radius 3 is 3.13 bits per heavy atom. The predicted octanol–water partition coefficient (Wildman–Crippen LogP) is 3.79. The normalized spacial score (nSPS) is 19.6. The number of aryl methyl sites for hydroxylation is 1. The molecule has 0 saturated carbocycles. The minimum atomic E-state index is 0.0999. The van der Waals surface area contributed by atoms with Gasteiger partial charge in [0.1, 0.15) is 5.82 Å². The van der Waals surface area contributed by atoms with Crippen molar-refractivity contribution in [3.63, 3.8) is 0 Å². The smallest absolute Gasteiger partial charge is 0.227 e. The molecule has 118 valence electrons. The number of aromatic nitrogens is 2. The number of benzene rings is 1. The van der Waals surface area contributed by atoms with Gasteiger partial charge in [0.15, 0.2) is 0 Å². The Balaban J connectivity index is 1.54. The highest BCUT2D eigenvalue weighted by molar-refractivity contribution is 5.93. The van der Waals surface area contributed by atoms with Crippen LogP contribution >= 0.6 is 0 Å². The van der Waals surface area contributed by atoms with E-state index in [0.717, 1.165) is 49.2 Å². The van der Waals surface area contributed by atoms with Gasteiger partial charge in [-0.1, -0.05) is 24.3 Å². The number of allylic oxidation sites excluding steroid dienone is 2. The second-order valence-corrected chi connectivity index (χ2v) is 6.37. The van der Waals surface area contributed by atoms with Crippen LogP contribution in [-0.4, -0.2) is 15.5 Å². The maximum Gasteiger partial charge on any atom is 0.227 e. The Kier molecular flexibility index (Phi) is 3.74. The summed E-state index contributed by atoms with van der Waals surface area (Å²) < 4.78 is 2.28. The van der Waals surface area contributed by atoms with E-state index in [1.807, 2.05) is 18.3 Å². The maximum atomic E-state index is 12.4. The summed E-state index contributed by atoms with van der Waals surface area (Å²) in [5.41, 5.74) is 3.14. The van der Waals surface area contributed by atoms with Gasteiger partial charge in [0.2, 0.25) is 5.91 Å². The summed E-state index contributed by atoms with van der Waals surface area (Å²) in [7, 11) is 0. The number of anilines is 1. The van der Waals surface area contributed by atoms with Crippen LogP contribution in [0.3, 0.4) is 0 Å². The molecule has 1 aliphatic heterocycles. The van der Waals surface area contributed by atoms with Gasteiger partial charge in [-0.3, -0.25) is 4.79 Å². The van der Waals surface area contributed by atoms with Gasteiger partial charge in [-0.05, 0) is 37.8 Å². The van der Waals surface area contributed by atoms with Gasteiger partial charge in [0.05, 0.1) is 11.9 Å². The number of fused-ring (bicyclic) bond motifs is 1. The van der Waals surface area contributed by atoms with Crippen molar-refractivity contribution in [2.45, 2.75) is 38.6 Å². The minimum absolute atomic E-state index is 0.0999. The fraction of sp³-hybridized carbons (Fsp3) is 0.368. The minimum Gasteiger partial charge on any atom is -0.328 e. The fourth-order valence-electron chi connectivity index (χ4n) is 3.52. The van der Waals surface area contributed by atoms with E-state index >= 15 is 0 Å². The monoisotopic (exact) mass is 307 g/mol. The molecule has 2 heterocycles. The first-order valence-corrected chi connectivity index (χ1v) is 8.42. The molecule has 2 aromatic rings. The number of hydrogen-bond acceptors (Lipinski definition) is 2. The molecular weight excluding hydrogens is 286 g/mol. The van der Waals surface area contributed by atoms with Gasteiger partial charge in [-0.2, -0.15) is 0 Å². The molecular formula is C19H21N3O. The molecule has 23 heavy (non-hydrogen) atoms. The van der Waals surface area contributed by atoms with Crippen LogP contribution in [-0.2, 0) is 17.8 Å². The number of imidazole rings is 1. The lowest BCUT2D eigenvalue weighted by atomic mass is 9.93. The molecule has 1 aromatic carbocycles. The average molecular weight is 307 g/mol. The van der Waals surface area contributed by atoms with Gasteiger partial charge in [-0.25, -0.2) is 4.98 Å². The fourth-order valence-corrected chi connectivity index (χ4v) is 3.52. The number of nitrogens with one attached hydrogen (secondary N) is 1. The summed E-state index contributed by atoms with van der Waals surface area (Å²) in [5.74, 6) is 1.40. The molecule has 4 heteroatoms. The zero-order valence-electron chi connectivity index (χ0n) is 13.2. The predicted molar refractivity (Wildman–Crippen MR) is 91.1 cm³/mol. The first-order valence-electron chi connectivity index (χ1n) is 8.42. The third-order valence-electron chi connectivity index (χ3n) is 4.79. The number of carbonyl (C=O) groups is 1. The Hall–Kier alpha value is -2.36. The van der Waals surface area contributed by atoms with Gasteiger partial charge in [-0.15, -0.1) is 0 Å². The molecule has 1 atom stereocenters. The summed E-state index contributed by atoms with van der Waals surface area (Å²) in [5, 5.41) is 3.08. The summed E-state index contributed by atoms with van der Waals surface area (Å²) in [4.78, 5) is 16.9. The first-order chi connectivity index (χ1) is 11.3. The number of carbonyl (C=O) groups excluding carboxylic acids is 1. The van der Waals surface area contributed by atoms with Crippen LogP contribution in [0.4, 0.5) is 5.69 Å². The lowest BCUT2D eigenvalue weighted by Gasteiger charge is -2.17. The van der Waals surface area contributed by atoms with E-state index in [1.165, 1.54) is 12.2 Å². The molecule has 0 bridgehead atoms. The summed E-state index contributed by atoms with van der Waals surface area (Å²) >= 11 is 0. The highest BCUT2D eigenvalue weighted by Gasteiger charge is 2.20. The van der Waals surface area contributed by atoms with Crippen LogP contribution in [0, 0.1) is 5.92 Å². The van der Waals surface area contributed by atoms with E-state index < -0.39 is 0 Å². The largest absolute Gasteiger partial charge is 0.328 e. The SMILES string of the molecule is O=C(Nc1cccc(-c2cnc3n2CCC3)c1)C1CC=CCC1. The number of nitrogens with zero attached hydrogens (tertiary/aromatic N) is 2. The van der Waals surface area contributed by atoms with E-state index in [4.69, 9.17) is 0 Å². The van der Waals surface area contributed by atoms with Crippen molar-refractivity contribution in [2.24, 2.45) is 5.92 Å². The van der Waals surface area contributed by atoms with E-state index in [-0.39, 0.29) is 11.8 Å². The Morgan fingerprint density at radius 1 is 1.30 bits per heavy atom. The van der Waals surface area contributed by atoms with Crippen molar-refractivity contribution in [1.82, 2.24) is 9.55 Å². The molecule has 4 rings (SSSR count). The van der Waals surface area contributed by atoms with Crippen molar-refractivity contribution in [2.75, 3.05) is 5.32 Å². The molecule has 0 spiro atoms. The van der Waals surface area contributed by atoms with Gasteiger partial charge < -0.3 is 9.88 Å². The topological polar surface area (TPSA) is 46.9 Å². The van der Waals surface area contributed by atoms with Crippen LogP contribution in [0.2, 0.25) is 0 Å². The Labute approximate surface area is 136 Å². The second-order valence-electron chi connectivity index (χ2n) is 6.37. The third kappa shape index (κ3) is 2.81. The van der Waals surface area contributed by atoms with Crippen molar-refractivity contribution >= 4 is 11.6 Å². The van der Waals surface area contributed by atoms with E-state index in [2.05, 4.69) is 39.2 Å². The first kappa shape index (κ1) is 14.2. The zero-order valence-corrected chi connectivity index (χ0v) is 13.2. The molecule has 0 fully saturated rings. The molecule has 0 saturated heterocycles.